The van der Waals surface area contributed by atoms with E-state index < -0.39 is 0 Å². The number of carbonyl (C=O) groups excluding carboxylic acids is 1. The van der Waals surface area contributed by atoms with Crippen LogP contribution in [0.25, 0.3) is 0 Å². The van der Waals surface area contributed by atoms with Crippen LogP contribution in [0.1, 0.15) is 18.4 Å². The van der Waals surface area contributed by atoms with E-state index in [-0.39, 0.29) is 18.4 Å². The number of nitrogens with zero attached hydrogens (tertiary/aromatic N) is 2. The SMILES string of the molecule is CN(CCCN1CC(CO)CC1=O)Cc1ccccc1. The molecule has 0 saturated carbocycles. The summed E-state index contributed by atoms with van der Waals surface area (Å²) >= 11 is 0. The minimum Gasteiger partial charge on any atom is -0.396 e. The summed E-state index contributed by atoms with van der Waals surface area (Å²) in [5, 5.41) is 9.09. The molecule has 1 aromatic rings. The molecule has 1 aliphatic heterocycles. The summed E-state index contributed by atoms with van der Waals surface area (Å²) in [6.45, 7) is 3.55. The molecule has 1 atom stereocenters. The van der Waals surface area contributed by atoms with Gasteiger partial charge < -0.3 is 14.9 Å². The highest BCUT2D eigenvalue weighted by Gasteiger charge is 2.28. The molecule has 110 valence electrons. The van der Waals surface area contributed by atoms with Crippen LogP contribution in [-0.2, 0) is 11.3 Å². The number of hydrogen-bond donors (Lipinski definition) is 1. The van der Waals surface area contributed by atoms with E-state index >= 15 is 0 Å². The topological polar surface area (TPSA) is 43.8 Å². The van der Waals surface area contributed by atoms with Crippen LogP contribution >= 0.6 is 0 Å². The monoisotopic (exact) mass is 276 g/mol. The lowest BCUT2D eigenvalue weighted by molar-refractivity contribution is -0.127. The third kappa shape index (κ3) is 4.32. The average molecular weight is 276 g/mol. The van der Waals surface area contributed by atoms with E-state index in [2.05, 4.69) is 36.2 Å². The molecule has 0 aliphatic carbocycles. The maximum absolute atomic E-state index is 11.7. The van der Waals surface area contributed by atoms with Crippen LogP contribution in [-0.4, -0.2) is 54.1 Å². The van der Waals surface area contributed by atoms with E-state index in [0.717, 1.165) is 32.6 Å². The van der Waals surface area contributed by atoms with Crippen molar-refractivity contribution in [2.75, 3.05) is 33.3 Å². The van der Waals surface area contributed by atoms with Crippen molar-refractivity contribution >= 4 is 5.91 Å². The van der Waals surface area contributed by atoms with Crippen molar-refractivity contribution in [2.45, 2.75) is 19.4 Å². The lowest BCUT2D eigenvalue weighted by Crippen LogP contribution is -2.29. The van der Waals surface area contributed by atoms with Crippen LogP contribution in [0.2, 0.25) is 0 Å². The Balaban J connectivity index is 1.67. The molecule has 0 aromatic heterocycles. The minimum absolute atomic E-state index is 0.121. The highest BCUT2D eigenvalue weighted by molar-refractivity contribution is 5.78. The number of rotatable bonds is 7. The molecule has 1 aliphatic rings. The van der Waals surface area contributed by atoms with E-state index in [0.29, 0.717) is 6.42 Å². The van der Waals surface area contributed by atoms with Crippen molar-refractivity contribution in [3.8, 4) is 0 Å². The van der Waals surface area contributed by atoms with Crippen molar-refractivity contribution < 1.29 is 9.90 Å². The number of aliphatic hydroxyl groups excluding tert-OH is 1. The molecular formula is C16H24N2O2. The molecule has 1 heterocycles. The van der Waals surface area contributed by atoms with E-state index in [4.69, 9.17) is 5.11 Å². The van der Waals surface area contributed by atoms with E-state index in [1.54, 1.807) is 0 Å². The number of hydrogen-bond acceptors (Lipinski definition) is 3. The van der Waals surface area contributed by atoms with Gasteiger partial charge in [-0.1, -0.05) is 30.3 Å². The van der Waals surface area contributed by atoms with Gasteiger partial charge in [-0.3, -0.25) is 4.79 Å². The summed E-state index contributed by atoms with van der Waals surface area (Å²) in [4.78, 5) is 15.9. The second-order valence-electron chi connectivity index (χ2n) is 5.67. The Morgan fingerprint density at radius 2 is 2.10 bits per heavy atom. The zero-order chi connectivity index (χ0) is 14.4. The predicted molar refractivity (Wildman–Crippen MR) is 79.2 cm³/mol. The van der Waals surface area contributed by atoms with Crippen molar-refractivity contribution in [1.29, 1.82) is 0 Å². The first-order chi connectivity index (χ1) is 9.69. The molecule has 20 heavy (non-hydrogen) atoms. The summed E-state index contributed by atoms with van der Waals surface area (Å²) in [5.74, 6) is 0.333. The number of amides is 1. The van der Waals surface area contributed by atoms with E-state index in [1.165, 1.54) is 5.56 Å². The highest BCUT2D eigenvalue weighted by Crippen LogP contribution is 2.17. The van der Waals surface area contributed by atoms with Gasteiger partial charge in [-0.2, -0.15) is 0 Å². The van der Waals surface area contributed by atoms with Gasteiger partial charge in [0.1, 0.15) is 0 Å². The van der Waals surface area contributed by atoms with Crippen molar-refractivity contribution in [3.63, 3.8) is 0 Å². The molecule has 0 spiro atoms. The zero-order valence-electron chi connectivity index (χ0n) is 12.2. The highest BCUT2D eigenvalue weighted by atomic mass is 16.3. The first-order valence-corrected chi connectivity index (χ1v) is 7.30. The molecule has 0 bridgehead atoms. The van der Waals surface area contributed by atoms with Crippen LogP contribution in [0.3, 0.4) is 0 Å². The van der Waals surface area contributed by atoms with Gasteiger partial charge in [0, 0.05) is 38.6 Å². The van der Waals surface area contributed by atoms with Crippen molar-refractivity contribution in [2.24, 2.45) is 5.92 Å². The van der Waals surface area contributed by atoms with Crippen molar-refractivity contribution in [3.05, 3.63) is 35.9 Å². The Morgan fingerprint density at radius 3 is 2.75 bits per heavy atom. The minimum atomic E-state index is 0.121. The summed E-state index contributed by atoms with van der Waals surface area (Å²) in [5.41, 5.74) is 1.31. The molecule has 1 unspecified atom stereocenters. The molecule has 2 rings (SSSR count). The van der Waals surface area contributed by atoms with E-state index in [1.807, 2.05) is 11.0 Å². The van der Waals surface area contributed by atoms with Gasteiger partial charge in [0.05, 0.1) is 0 Å². The normalized spacial score (nSPS) is 19.1. The fourth-order valence-corrected chi connectivity index (χ4v) is 2.70. The standard InChI is InChI=1S/C16H24N2O2/c1-17(11-14-6-3-2-4-7-14)8-5-9-18-12-15(13-19)10-16(18)20/h2-4,6-7,15,19H,5,8-13H2,1H3. The molecule has 1 saturated heterocycles. The van der Waals surface area contributed by atoms with Crippen LogP contribution < -0.4 is 0 Å². The quantitative estimate of drug-likeness (QED) is 0.817. The van der Waals surface area contributed by atoms with Crippen LogP contribution in [0.4, 0.5) is 0 Å². The molecule has 1 amide bonds. The maximum atomic E-state index is 11.7. The van der Waals surface area contributed by atoms with Gasteiger partial charge in [0.2, 0.25) is 5.91 Å². The zero-order valence-corrected chi connectivity index (χ0v) is 12.2. The van der Waals surface area contributed by atoms with Crippen LogP contribution in [0, 0.1) is 5.92 Å². The Hall–Kier alpha value is -1.39. The maximum Gasteiger partial charge on any atom is 0.223 e. The third-order valence-electron chi connectivity index (χ3n) is 3.82. The Kier molecular flexibility index (Phi) is 5.56. The first-order valence-electron chi connectivity index (χ1n) is 7.30. The smallest absolute Gasteiger partial charge is 0.223 e. The number of likely N-dealkylation sites (tertiary alicyclic amines) is 1. The lowest BCUT2D eigenvalue weighted by Gasteiger charge is -2.20. The second-order valence-corrected chi connectivity index (χ2v) is 5.67. The fraction of sp³-hybridized carbons (Fsp3) is 0.562. The molecule has 4 heteroatoms. The van der Waals surface area contributed by atoms with Gasteiger partial charge in [-0.15, -0.1) is 0 Å². The van der Waals surface area contributed by atoms with Gasteiger partial charge in [0.25, 0.3) is 0 Å². The molecule has 1 aromatic carbocycles. The lowest BCUT2D eigenvalue weighted by atomic mass is 10.1. The Morgan fingerprint density at radius 1 is 1.35 bits per heavy atom. The number of benzene rings is 1. The van der Waals surface area contributed by atoms with Crippen LogP contribution in [0.5, 0.6) is 0 Å². The average Bonchev–Trinajstić information content (AvgIpc) is 2.81. The Bertz CT molecular complexity index is 422. The summed E-state index contributed by atoms with van der Waals surface area (Å²) in [7, 11) is 2.11. The summed E-state index contributed by atoms with van der Waals surface area (Å²) < 4.78 is 0. The van der Waals surface area contributed by atoms with Gasteiger partial charge in [0.15, 0.2) is 0 Å². The third-order valence-corrected chi connectivity index (χ3v) is 3.82. The van der Waals surface area contributed by atoms with Gasteiger partial charge in [-0.05, 0) is 25.6 Å². The number of carbonyl (C=O) groups is 1. The molecule has 1 fully saturated rings. The van der Waals surface area contributed by atoms with E-state index in [9.17, 15) is 4.79 Å². The number of aliphatic hydroxyl groups is 1. The molecule has 4 nitrogen and oxygen atoms in total. The van der Waals surface area contributed by atoms with Crippen molar-refractivity contribution in [1.82, 2.24) is 9.80 Å². The Labute approximate surface area is 121 Å². The van der Waals surface area contributed by atoms with Gasteiger partial charge in [-0.25, -0.2) is 0 Å². The van der Waals surface area contributed by atoms with Crippen LogP contribution in [0.15, 0.2) is 30.3 Å². The first kappa shape index (κ1) is 15.0. The molecule has 1 N–H and O–H groups in total. The molecule has 0 radical (unpaired) electrons. The summed E-state index contributed by atoms with van der Waals surface area (Å²) in [6.07, 6.45) is 1.49. The second kappa shape index (κ2) is 7.41. The summed E-state index contributed by atoms with van der Waals surface area (Å²) in [6, 6.07) is 10.4. The largest absolute Gasteiger partial charge is 0.396 e. The predicted octanol–water partition coefficient (Wildman–Crippen LogP) is 1.35. The molecular weight excluding hydrogens is 252 g/mol. The van der Waals surface area contributed by atoms with Gasteiger partial charge >= 0.3 is 0 Å². The fourth-order valence-electron chi connectivity index (χ4n) is 2.70.